The predicted octanol–water partition coefficient (Wildman–Crippen LogP) is 4.72. The number of aromatic nitrogens is 1. The van der Waals surface area contributed by atoms with Gasteiger partial charge in [0.05, 0.1) is 17.5 Å². The zero-order valence-electron chi connectivity index (χ0n) is 16.0. The van der Waals surface area contributed by atoms with E-state index < -0.39 is 0 Å². The molecule has 3 nitrogen and oxygen atoms in total. The summed E-state index contributed by atoms with van der Waals surface area (Å²) in [4.78, 5) is 7.52. The molecular weight excluding hydrogens is 282 g/mol. The number of anilines is 1. The summed E-state index contributed by atoms with van der Waals surface area (Å²) >= 11 is 0. The minimum Gasteiger partial charge on any atom is -0.367 e. The van der Waals surface area contributed by atoms with Crippen molar-refractivity contribution in [2.24, 2.45) is 17.3 Å². The highest BCUT2D eigenvalue weighted by molar-refractivity contribution is 5.57. The van der Waals surface area contributed by atoms with Gasteiger partial charge in [-0.15, -0.1) is 0 Å². The van der Waals surface area contributed by atoms with Crippen molar-refractivity contribution in [1.29, 1.82) is 0 Å². The van der Waals surface area contributed by atoms with Gasteiger partial charge >= 0.3 is 0 Å². The Hall–Kier alpha value is -1.09. The van der Waals surface area contributed by atoms with Crippen molar-refractivity contribution in [3.63, 3.8) is 0 Å². The van der Waals surface area contributed by atoms with Crippen LogP contribution in [0.4, 0.5) is 5.69 Å². The number of nitrogens with zero attached hydrogens (tertiary/aromatic N) is 2. The molecule has 0 bridgehead atoms. The SMILES string of the molecule is CC(C)C1C2c3ncccc3NC2N(C(C)(C)C)C1C(C)(C)C. The fourth-order valence-electron chi connectivity index (χ4n) is 5.00. The Labute approximate surface area is 141 Å². The molecule has 3 heterocycles. The third-order valence-electron chi connectivity index (χ3n) is 5.61. The number of pyridine rings is 1. The Morgan fingerprint density at radius 1 is 1.13 bits per heavy atom. The summed E-state index contributed by atoms with van der Waals surface area (Å²) in [5.41, 5.74) is 2.87. The molecule has 4 atom stereocenters. The van der Waals surface area contributed by atoms with E-state index in [2.05, 4.69) is 71.7 Å². The summed E-state index contributed by atoms with van der Waals surface area (Å²) in [7, 11) is 0. The Morgan fingerprint density at radius 2 is 1.78 bits per heavy atom. The monoisotopic (exact) mass is 315 g/mol. The van der Waals surface area contributed by atoms with Gasteiger partial charge in [0, 0.05) is 23.7 Å². The molecule has 0 aliphatic carbocycles. The van der Waals surface area contributed by atoms with Gasteiger partial charge in [0.25, 0.3) is 0 Å². The maximum absolute atomic E-state index is 4.78. The van der Waals surface area contributed by atoms with E-state index in [1.165, 1.54) is 11.4 Å². The highest BCUT2D eigenvalue weighted by Gasteiger charge is 2.59. The molecular formula is C20H33N3. The van der Waals surface area contributed by atoms with E-state index in [-0.39, 0.29) is 11.0 Å². The molecule has 0 aromatic carbocycles. The Bertz CT molecular complexity index is 579. The average molecular weight is 316 g/mol. The molecule has 128 valence electrons. The Balaban J connectivity index is 2.16. The lowest BCUT2D eigenvalue weighted by Crippen LogP contribution is -2.56. The van der Waals surface area contributed by atoms with E-state index in [0.717, 1.165) is 0 Å². The van der Waals surface area contributed by atoms with Crippen molar-refractivity contribution in [2.75, 3.05) is 5.32 Å². The van der Waals surface area contributed by atoms with Crippen LogP contribution in [-0.4, -0.2) is 27.6 Å². The Morgan fingerprint density at radius 3 is 2.30 bits per heavy atom. The van der Waals surface area contributed by atoms with Crippen LogP contribution in [0.1, 0.15) is 67.0 Å². The van der Waals surface area contributed by atoms with Gasteiger partial charge in [-0.25, -0.2) is 0 Å². The molecule has 0 spiro atoms. The fourth-order valence-corrected chi connectivity index (χ4v) is 5.00. The first kappa shape index (κ1) is 16.8. The summed E-state index contributed by atoms with van der Waals surface area (Å²) in [5, 5.41) is 3.80. The van der Waals surface area contributed by atoms with Gasteiger partial charge in [0.2, 0.25) is 0 Å². The van der Waals surface area contributed by atoms with Gasteiger partial charge in [-0.3, -0.25) is 9.88 Å². The van der Waals surface area contributed by atoms with Gasteiger partial charge in [0.15, 0.2) is 0 Å². The van der Waals surface area contributed by atoms with E-state index in [1.807, 2.05) is 12.3 Å². The van der Waals surface area contributed by atoms with Crippen LogP contribution in [0.5, 0.6) is 0 Å². The number of likely N-dealkylation sites (tertiary alicyclic amines) is 1. The average Bonchev–Trinajstić information content (AvgIpc) is 2.89. The minimum atomic E-state index is 0.125. The lowest BCUT2D eigenvalue weighted by molar-refractivity contribution is 0.0123. The molecule has 0 radical (unpaired) electrons. The van der Waals surface area contributed by atoms with Crippen LogP contribution in [0.3, 0.4) is 0 Å². The molecule has 23 heavy (non-hydrogen) atoms. The second kappa shape index (κ2) is 5.20. The fraction of sp³-hybridized carbons (Fsp3) is 0.750. The lowest BCUT2D eigenvalue weighted by atomic mass is 9.70. The van der Waals surface area contributed by atoms with Gasteiger partial charge in [-0.2, -0.15) is 0 Å². The smallest absolute Gasteiger partial charge is 0.0890 e. The molecule has 1 fully saturated rings. The van der Waals surface area contributed by atoms with Gasteiger partial charge in [-0.1, -0.05) is 34.6 Å². The molecule has 1 aromatic heterocycles. The van der Waals surface area contributed by atoms with Crippen molar-refractivity contribution < 1.29 is 0 Å². The Kier molecular flexibility index (Phi) is 3.79. The first-order chi connectivity index (χ1) is 10.5. The van der Waals surface area contributed by atoms with Gasteiger partial charge in [-0.05, 0) is 50.2 Å². The summed E-state index contributed by atoms with van der Waals surface area (Å²) in [6.45, 7) is 19.0. The molecule has 3 heteroatoms. The molecule has 1 N–H and O–H groups in total. The van der Waals surface area contributed by atoms with Crippen LogP contribution in [-0.2, 0) is 0 Å². The topological polar surface area (TPSA) is 28.2 Å². The van der Waals surface area contributed by atoms with Crippen LogP contribution < -0.4 is 5.32 Å². The van der Waals surface area contributed by atoms with Gasteiger partial charge < -0.3 is 5.32 Å². The van der Waals surface area contributed by atoms with Crippen molar-refractivity contribution in [1.82, 2.24) is 9.88 Å². The van der Waals surface area contributed by atoms with E-state index in [1.54, 1.807) is 0 Å². The van der Waals surface area contributed by atoms with Crippen molar-refractivity contribution in [2.45, 2.75) is 79.1 Å². The van der Waals surface area contributed by atoms with E-state index >= 15 is 0 Å². The van der Waals surface area contributed by atoms with Crippen LogP contribution in [0.25, 0.3) is 0 Å². The van der Waals surface area contributed by atoms with Gasteiger partial charge in [0.1, 0.15) is 0 Å². The first-order valence-electron chi connectivity index (χ1n) is 9.03. The number of hydrogen-bond acceptors (Lipinski definition) is 3. The van der Waals surface area contributed by atoms with Crippen molar-refractivity contribution >= 4 is 5.69 Å². The maximum atomic E-state index is 4.78. The number of fused-ring (bicyclic) bond motifs is 3. The molecule has 0 amide bonds. The van der Waals surface area contributed by atoms with Crippen molar-refractivity contribution in [3.05, 3.63) is 24.0 Å². The summed E-state index contributed by atoms with van der Waals surface area (Å²) < 4.78 is 0. The second-order valence-corrected chi connectivity index (χ2v) is 9.76. The van der Waals surface area contributed by atoms with E-state index in [4.69, 9.17) is 4.98 Å². The van der Waals surface area contributed by atoms with E-state index in [0.29, 0.717) is 30.0 Å². The summed E-state index contributed by atoms with van der Waals surface area (Å²) in [5.74, 6) is 1.73. The second-order valence-electron chi connectivity index (χ2n) is 9.76. The molecule has 1 aromatic rings. The lowest BCUT2D eigenvalue weighted by Gasteiger charge is -2.47. The first-order valence-corrected chi connectivity index (χ1v) is 9.03. The number of rotatable bonds is 1. The van der Waals surface area contributed by atoms with Crippen LogP contribution in [0.2, 0.25) is 0 Å². The molecule has 2 aliphatic rings. The van der Waals surface area contributed by atoms with Crippen LogP contribution >= 0.6 is 0 Å². The third kappa shape index (κ3) is 2.57. The molecule has 0 saturated carbocycles. The minimum absolute atomic E-state index is 0.125. The highest BCUT2D eigenvalue weighted by Crippen LogP contribution is 2.56. The van der Waals surface area contributed by atoms with Crippen LogP contribution in [0, 0.1) is 17.3 Å². The quantitative estimate of drug-likeness (QED) is 0.813. The molecule has 2 aliphatic heterocycles. The predicted molar refractivity (Wildman–Crippen MR) is 97.6 cm³/mol. The standard InChI is InChI=1S/C20H33N3/c1-12(2)14-15-16-13(10-9-11-21-16)22-18(15)23(20(6,7)8)17(14)19(3,4)5/h9-12,14-15,17-18,22H,1-8H3. The summed E-state index contributed by atoms with van der Waals surface area (Å²) in [6.07, 6.45) is 2.31. The molecule has 3 rings (SSSR count). The molecule has 1 saturated heterocycles. The zero-order valence-corrected chi connectivity index (χ0v) is 16.0. The third-order valence-corrected chi connectivity index (χ3v) is 5.61. The molecule has 4 unspecified atom stereocenters. The summed E-state index contributed by atoms with van der Waals surface area (Å²) in [6, 6.07) is 4.77. The highest BCUT2D eigenvalue weighted by atomic mass is 15.4. The van der Waals surface area contributed by atoms with Crippen LogP contribution in [0.15, 0.2) is 18.3 Å². The largest absolute Gasteiger partial charge is 0.367 e. The van der Waals surface area contributed by atoms with Crippen molar-refractivity contribution in [3.8, 4) is 0 Å². The maximum Gasteiger partial charge on any atom is 0.0890 e. The number of nitrogens with one attached hydrogen (secondary N) is 1. The normalized spacial score (nSPS) is 31.2. The zero-order chi connectivity index (χ0) is 17.2. The number of hydrogen-bond donors (Lipinski definition) is 1. The van der Waals surface area contributed by atoms with E-state index in [9.17, 15) is 0 Å².